The summed E-state index contributed by atoms with van der Waals surface area (Å²) < 4.78 is 0. The quantitative estimate of drug-likeness (QED) is 0.190. The van der Waals surface area contributed by atoms with Gasteiger partial charge in [-0.3, -0.25) is 9.98 Å². The number of nitrogens with zero attached hydrogens (tertiary/aromatic N) is 2. The second-order valence-electron chi connectivity index (χ2n) is 18.0. The number of nitrogens with one attached hydrogen (secondary N) is 1. The van der Waals surface area contributed by atoms with Gasteiger partial charge in [-0.15, -0.1) is 0 Å². The monoisotopic (exact) mass is 1090 g/mol. The van der Waals surface area contributed by atoms with E-state index < -0.39 is 0 Å². The molecule has 0 aromatic heterocycles. The van der Waals surface area contributed by atoms with Crippen LogP contribution in [0.3, 0.4) is 0 Å². The zero-order chi connectivity index (χ0) is 60.3. The Kier molecular flexibility index (Phi) is 166. The van der Waals surface area contributed by atoms with Crippen LogP contribution >= 0.6 is 0 Å². The Morgan fingerprint density at radius 2 is 0.351 bits per heavy atom. The standard InChI is InChI=1S/C7H14.C6H12.2C6H10.C5H11N.C5H9N.3C5H10.C4H7N.10C2H6/c1-2-4-6-7-5-3-1;5*1-2-4-6-5-3-1;4*1-2-4-5-3-1;10*1-2/h1-7H2;1-6H2;2*1-2H,3-6H2;6H,1-5H2;4H,1-3,5H2;3*1-5H2;3H,1-2,4H2;10*1-2H3. The first-order valence-electron chi connectivity index (χ1n) is 36.5. The average Bonchev–Trinajstić information content (AvgIpc) is 4.48. The minimum absolute atomic E-state index is 1.07. The molecule has 5 saturated carbocycles. The second kappa shape index (κ2) is 131. The van der Waals surface area contributed by atoms with Gasteiger partial charge in [0, 0.05) is 13.1 Å². The molecule has 3 heterocycles. The van der Waals surface area contributed by atoms with Gasteiger partial charge in [0.2, 0.25) is 0 Å². The molecular formula is C74H163N3. The van der Waals surface area contributed by atoms with Crippen LogP contribution in [-0.2, 0) is 0 Å². The van der Waals surface area contributed by atoms with E-state index in [1.165, 1.54) is 296 Å². The molecule has 0 aromatic carbocycles. The van der Waals surface area contributed by atoms with Crippen molar-refractivity contribution >= 4 is 12.4 Å². The van der Waals surface area contributed by atoms with Crippen molar-refractivity contribution in [3.8, 4) is 0 Å². The van der Waals surface area contributed by atoms with Crippen molar-refractivity contribution in [1.82, 2.24) is 5.32 Å². The lowest BCUT2D eigenvalue weighted by Crippen LogP contribution is -2.21. The summed E-state index contributed by atoms with van der Waals surface area (Å²) in [7, 11) is 0. The van der Waals surface area contributed by atoms with Gasteiger partial charge in [-0.05, 0) is 122 Å². The zero-order valence-electron chi connectivity index (χ0n) is 58.8. The zero-order valence-corrected chi connectivity index (χ0v) is 58.8. The number of aliphatic imine (C=N–C) groups is 2. The molecule has 3 heteroatoms. The fraction of sp³-hybridized carbons (Fsp3) is 0.919. The Bertz CT molecular complexity index is 651. The molecule has 1 N–H and O–H groups in total. The molecule has 77 heavy (non-hydrogen) atoms. The van der Waals surface area contributed by atoms with Crippen molar-refractivity contribution in [1.29, 1.82) is 0 Å². The van der Waals surface area contributed by atoms with Crippen LogP contribution in [0.1, 0.15) is 421 Å². The van der Waals surface area contributed by atoms with Crippen LogP contribution < -0.4 is 5.32 Å². The Labute approximate surface area is 496 Å². The minimum Gasteiger partial charge on any atom is -0.317 e. The van der Waals surface area contributed by atoms with E-state index in [4.69, 9.17) is 0 Å². The van der Waals surface area contributed by atoms with Gasteiger partial charge in [-0.1, -0.05) is 349 Å². The molecule has 0 unspecified atom stereocenters. The van der Waals surface area contributed by atoms with Crippen molar-refractivity contribution in [2.24, 2.45) is 9.98 Å². The maximum Gasteiger partial charge on any atom is 0.0388 e. The summed E-state index contributed by atoms with van der Waals surface area (Å²) >= 11 is 0. The van der Waals surface area contributed by atoms with E-state index >= 15 is 0 Å². The molecule has 0 spiro atoms. The predicted molar refractivity (Wildman–Crippen MR) is 374 cm³/mol. The van der Waals surface area contributed by atoms with Crippen LogP contribution in [0.15, 0.2) is 34.3 Å². The molecule has 0 amide bonds. The maximum absolute atomic E-state index is 4.05. The third-order valence-electron chi connectivity index (χ3n) is 12.3. The van der Waals surface area contributed by atoms with E-state index in [0.717, 1.165) is 13.1 Å². The molecule has 6 fully saturated rings. The van der Waals surface area contributed by atoms with Gasteiger partial charge in [0.25, 0.3) is 0 Å². The van der Waals surface area contributed by atoms with E-state index in [1.54, 1.807) is 0 Å². The molecule has 3 aliphatic heterocycles. The number of piperidine rings is 1. The summed E-state index contributed by atoms with van der Waals surface area (Å²) in [4.78, 5) is 8.01. The summed E-state index contributed by atoms with van der Waals surface area (Å²) in [5.41, 5.74) is 0. The van der Waals surface area contributed by atoms with E-state index in [-0.39, 0.29) is 0 Å². The van der Waals surface area contributed by atoms with E-state index in [1.807, 2.05) is 151 Å². The first kappa shape index (κ1) is 97.9. The van der Waals surface area contributed by atoms with Crippen molar-refractivity contribution in [2.75, 3.05) is 26.2 Å². The summed E-state index contributed by atoms with van der Waals surface area (Å²) in [6.07, 6.45) is 76.6. The lowest BCUT2D eigenvalue weighted by Gasteiger charge is -2.08. The smallest absolute Gasteiger partial charge is 0.0388 e. The van der Waals surface area contributed by atoms with Crippen LogP contribution in [0.2, 0.25) is 0 Å². The second-order valence-corrected chi connectivity index (χ2v) is 18.0. The van der Waals surface area contributed by atoms with E-state index in [2.05, 4.69) is 39.6 Å². The molecule has 7 aliphatic carbocycles. The number of hydrogen-bond acceptors (Lipinski definition) is 3. The molecule has 0 radical (unpaired) electrons. The van der Waals surface area contributed by atoms with Crippen molar-refractivity contribution in [3.05, 3.63) is 24.3 Å². The van der Waals surface area contributed by atoms with Gasteiger partial charge in [-0.25, -0.2) is 0 Å². The third-order valence-corrected chi connectivity index (χ3v) is 12.3. The van der Waals surface area contributed by atoms with Crippen LogP contribution in [0.5, 0.6) is 0 Å². The van der Waals surface area contributed by atoms with Gasteiger partial charge in [0.05, 0.1) is 0 Å². The fourth-order valence-electron chi connectivity index (χ4n) is 8.35. The normalized spacial score (nSPS) is 17.7. The Balaban J connectivity index is -0.0000000782. The van der Waals surface area contributed by atoms with Crippen LogP contribution in [0, 0.1) is 0 Å². The van der Waals surface area contributed by atoms with Crippen LogP contribution in [-0.4, -0.2) is 38.6 Å². The fourth-order valence-corrected chi connectivity index (χ4v) is 8.35. The molecule has 10 rings (SSSR count). The van der Waals surface area contributed by atoms with Gasteiger partial charge < -0.3 is 5.32 Å². The summed E-state index contributed by atoms with van der Waals surface area (Å²) in [5.74, 6) is 0. The predicted octanol–water partition coefficient (Wildman–Crippen LogP) is 28.3. The molecule has 0 aromatic rings. The van der Waals surface area contributed by atoms with Gasteiger partial charge in [-0.2, -0.15) is 0 Å². The maximum atomic E-state index is 4.05. The molecule has 474 valence electrons. The Hall–Kier alpha value is -1.22. The third kappa shape index (κ3) is 127. The first-order valence-corrected chi connectivity index (χ1v) is 36.5. The number of rotatable bonds is 0. The molecular weight excluding hydrogens is 931 g/mol. The van der Waals surface area contributed by atoms with Crippen molar-refractivity contribution in [3.63, 3.8) is 0 Å². The molecule has 0 atom stereocenters. The highest BCUT2D eigenvalue weighted by molar-refractivity contribution is 5.58. The molecule has 1 saturated heterocycles. The lowest BCUT2D eigenvalue weighted by atomic mass is 10.0. The minimum atomic E-state index is 1.07. The topological polar surface area (TPSA) is 36.8 Å². The van der Waals surface area contributed by atoms with Crippen LogP contribution in [0.25, 0.3) is 0 Å². The van der Waals surface area contributed by atoms with E-state index in [9.17, 15) is 0 Å². The highest BCUT2D eigenvalue weighted by Crippen LogP contribution is 2.18. The Morgan fingerprint density at radius 1 is 0.182 bits per heavy atom. The first-order chi connectivity index (χ1) is 38.5. The average molecular weight is 1100 g/mol. The van der Waals surface area contributed by atoms with E-state index in [0.29, 0.717) is 0 Å². The van der Waals surface area contributed by atoms with Crippen molar-refractivity contribution < 1.29 is 0 Å². The molecule has 10 aliphatic rings. The van der Waals surface area contributed by atoms with Gasteiger partial charge in [0.1, 0.15) is 0 Å². The largest absolute Gasteiger partial charge is 0.317 e. The van der Waals surface area contributed by atoms with Crippen LogP contribution in [0.4, 0.5) is 0 Å². The Morgan fingerprint density at radius 3 is 0.416 bits per heavy atom. The summed E-state index contributed by atoms with van der Waals surface area (Å²) in [6.45, 7) is 44.6. The molecule has 0 bridgehead atoms. The van der Waals surface area contributed by atoms with Gasteiger partial charge >= 0.3 is 0 Å². The highest BCUT2D eigenvalue weighted by atomic mass is 14.9. The summed E-state index contributed by atoms with van der Waals surface area (Å²) in [6, 6.07) is 0. The number of allylic oxidation sites excluding steroid dienone is 4. The van der Waals surface area contributed by atoms with Gasteiger partial charge in [0.15, 0.2) is 0 Å². The lowest BCUT2D eigenvalue weighted by molar-refractivity contribution is 0.504. The SMILES string of the molecule is C1=CCCCC1.C1=CCCCC1.C1=NCCC1.C1=NCCCC1.C1CCCC1.C1CCCC1.C1CCCC1.C1CCCCC1.C1CCCCCC1.C1CCNCC1.CC.CC.CC.CC.CC.CC.CC.CC.CC.CC. The summed E-state index contributed by atoms with van der Waals surface area (Å²) in [5, 5.41) is 3.28. The molecule has 3 nitrogen and oxygen atoms in total. The highest BCUT2D eigenvalue weighted by Gasteiger charge is 1.98. The number of hydrogen-bond donors (Lipinski definition) is 1. The van der Waals surface area contributed by atoms with Crippen molar-refractivity contribution in [2.45, 2.75) is 421 Å².